The predicted octanol–water partition coefficient (Wildman–Crippen LogP) is 1.90. The monoisotopic (exact) mass is 157 g/mol. The average molecular weight is 157 g/mol. The van der Waals surface area contributed by atoms with E-state index in [-0.39, 0.29) is 5.91 Å². The van der Waals surface area contributed by atoms with E-state index >= 15 is 0 Å². The van der Waals surface area contributed by atoms with Crippen molar-refractivity contribution in [3.8, 4) is 0 Å². The maximum absolute atomic E-state index is 10.8. The van der Waals surface area contributed by atoms with Crippen molar-refractivity contribution in [3.63, 3.8) is 0 Å². The van der Waals surface area contributed by atoms with Crippen molar-refractivity contribution in [2.75, 3.05) is 13.6 Å². The maximum Gasteiger partial charge on any atom is 0.219 e. The molecule has 0 aliphatic rings. The molecule has 0 aromatic carbocycles. The molecule has 0 saturated heterocycles. The summed E-state index contributed by atoms with van der Waals surface area (Å²) in [6, 6.07) is 0. The molecule has 0 unspecified atom stereocenters. The Bertz CT molecular complexity index is 123. The van der Waals surface area contributed by atoms with E-state index in [0.29, 0.717) is 0 Å². The van der Waals surface area contributed by atoms with Crippen molar-refractivity contribution in [2.45, 2.75) is 33.6 Å². The molecule has 1 atom stereocenters. The zero-order valence-electron chi connectivity index (χ0n) is 8.05. The highest BCUT2D eigenvalue weighted by Crippen LogP contribution is 2.06. The van der Waals surface area contributed by atoms with E-state index in [1.54, 1.807) is 11.8 Å². The standard InChI is InChI=1S/C9H19NO/c1-5-8(2)6-7-10(4)9(3)11/h8H,5-7H2,1-4H3/t8-/m1/s1. The highest BCUT2D eigenvalue weighted by atomic mass is 16.2. The quantitative estimate of drug-likeness (QED) is 0.610. The second-order valence-electron chi connectivity index (χ2n) is 3.24. The maximum atomic E-state index is 10.8. The second kappa shape index (κ2) is 5.16. The summed E-state index contributed by atoms with van der Waals surface area (Å²) < 4.78 is 0. The van der Waals surface area contributed by atoms with Crippen LogP contribution >= 0.6 is 0 Å². The minimum Gasteiger partial charge on any atom is -0.346 e. The first-order chi connectivity index (χ1) is 5.07. The van der Waals surface area contributed by atoms with Gasteiger partial charge in [-0.2, -0.15) is 0 Å². The molecule has 2 heteroatoms. The van der Waals surface area contributed by atoms with Gasteiger partial charge in [-0.1, -0.05) is 20.3 Å². The normalized spacial score (nSPS) is 12.7. The van der Waals surface area contributed by atoms with Crippen molar-refractivity contribution in [2.24, 2.45) is 5.92 Å². The van der Waals surface area contributed by atoms with Crippen LogP contribution in [0, 0.1) is 5.92 Å². The van der Waals surface area contributed by atoms with Crippen LogP contribution in [0.25, 0.3) is 0 Å². The van der Waals surface area contributed by atoms with Crippen LogP contribution < -0.4 is 0 Å². The molecule has 0 aromatic heterocycles. The number of carbonyl (C=O) groups is 1. The van der Waals surface area contributed by atoms with Gasteiger partial charge in [-0.15, -0.1) is 0 Å². The molecule has 0 aromatic rings. The van der Waals surface area contributed by atoms with Crippen molar-refractivity contribution in [3.05, 3.63) is 0 Å². The van der Waals surface area contributed by atoms with Crippen LogP contribution in [0.2, 0.25) is 0 Å². The van der Waals surface area contributed by atoms with Gasteiger partial charge in [-0.3, -0.25) is 4.79 Å². The summed E-state index contributed by atoms with van der Waals surface area (Å²) >= 11 is 0. The molecule has 0 spiro atoms. The van der Waals surface area contributed by atoms with Crippen LogP contribution in [-0.2, 0) is 4.79 Å². The molecule has 0 aliphatic heterocycles. The van der Waals surface area contributed by atoms with Crippen LogP contribution in [0.4, 0.5) is 0 Å². The number of carbonyl (C=O) groups excluding carboxylic acids is 1. The minimum absolute atomic E-state index is 0.160. The molecule has 0 bridgehead atoms. The topological polar surface area (TPSA) is 20.3 Å². The Morgan fingerprint density at radius 3 is 2.45 bits per heavy atom. The first kappa shape index (κ1) is 10.5. The van der Waals surface area contributed by atoms with E-state index in [1.807, 2.05) is 7.05 Å². The summed E-state index contributed by atoms with van der Waals surface area (Å²) in [6.45, 7) is 6.90. The second-order valence-corrected chi connectivity index (χ2v) is 3.24. The molecule has 0 heterocycles. The lowest BCUT2D eigenvalue weighted by atomic mass is 10.1. The highest BCUT2D eigenvalue weighted by molar-refractivity contribution is 5.72. The van der Waals surface area contributed by atoms with E-state index in [2.05, 4.69) is 13.8 Å². The Morgan fingerprint density at radius 2 is 2.09 bits per heavy atom. The first-order valence-electron chi connectivity index (χ1n) is 4.29. The SMILES string of the molecule is CC[C@@H](C)CCN(C)C(C)=O. The zero-order chi connectivity index (χ0) is 8.85. The van der Waals surface area contributed by atoms with Crippen LogP contribution in [0.15, 0.2) is 0 Å². The molecular formula is C9H19NO. The van der Waals surface area contributed by atoms with Gasteiger partial charge in [-0.25, -0.2) is 0 Å². The summed E-state index contributed by atoms with van der Waals surface area (Å²) in [4.78, 5) is 12.5. The number of amides is 1. The zero-order valence-corrected chi connectivity index (χ0v) is 8.05. The van der Waals surface area contributed by atoms with Gasteiger partial charge < -0.3 is 4.90 Å². The van der Waals surface area contributed by atoms with E-state index in [9.17, 15) is 4.79 Å². The van der Waals surface area contributed by atoms with Crippen LogP contribution in [-0.4, -0.2) is 24.4 Å². The molecule has 0 radical (unpaired) electrons. The summed E-state index contributed by atoms with van der Waals surface area (Å²) in [5, 5.41) is 0. The van der Waals surface area contributed by atoms with Gasteiger partial charge in [0.15, 0.2) is 0 Å². The third kappa shape index (κ3) is 4.82. The highest BCUT2D eigenvalue weighted by Gasteiger charge is 2.03. The lowest BCUT2D eigenvalue weighted by Crippen LogP contribution is -2.25. The summed E-state index contributed by atoms with van der Waals surface area (Å²) in [6.07, 6.45) is 2.32. The summed E-state index contributed by atoms with van der Waals surface area (Å²) in [5.74, 6) is 0.894. The molecule has 0 N–H and O–H groups in total. The molecular weight excluding hydrogens is 138 g/mol. The number of nitrogens with zero attached hydrogens (tertiary/aromatic N) is 1. The van der Waals surface area contributed by atoms with Gasteiger partial charge in [0.2, 0.25) is 5.91 Å². The Balaban J connectivity index is 3.45. The van der Waals surface area contributed by atoms with Crippen molar-refractivity contribution in [1.82, 2.24) is 4.90 Å². The van der Waals surface area contributed by atoms with Gasteiger partial charge in [-0.05, 0) is 12.3 Å². The van der Waals surface area contributed by atoms with Gasteiger partial charge in [0.25, 0.3) is 0 Å². The fourth-order valence-electron chi connectivity index (χ4n) is 0.776. The van der Waals surface area contributed by atoms with Crippen LogP contribution in [0.3, 0.4) is 0 Å². The van der Waals surface area contributed by atoms with Crippen LogP contribution in [0.1, 0.15) is 33.6 Å². The van der Waals surface area contributed by atoms with Gasteiger partial charge >= 0.3 is 0 Å². The molecule has 2 nitrogen and oxygen atoms in total. The predicted molar refractivity (Wildman–Crippen MR) is 47.4 cm³/mol. The van der Waals surface area contributed by atoms with E-state index in [4.69, 9.17) is 0 Å². The van der Waals surface area contributed by atoms with E-state index in [1.165, 1.54) is 6.42 Å². The number of rotatable bonds is 4. The Hall–Kier alpha value is -0.530. The largest absolute Gasteiger partial charge is 0.346 e. The lowest BCUT2D eigenvalue weighted by molar-refractivity contribution is -0.127. The fraction of sp³-hybridized carbons (Fsp3) is 0.889. The smallest absolute Gasteiger partial charge is 0.219 e. The molecule has 1 amide bonds. The Labute approximate surface area is 69.6 Å². The number of hydrogen-bond donors (Lipinski definition) is 0. The van der Waals surface area contributed by atoms with Gasteiger partial charge in [0.05, 0.1) is 0 Å². The van der Waals surface area contributed by atoms with Crippen molar-refractivity contribution < 1.29 is 4.79 Å². The molecule has 0 aliphatic carbocycles. The Morgan fingerprint density at radius 1 is 1.55 bits per heavy atom. The van der Waals surface area contributed by atoms with Gasteiger partial charge in [0, 0.05) is 20.5 Å². The molecule has 0 saturated carbocycles. The van der Waals surface area contributed by atoms with E-state index in [0.717, 1.165) is 18.9 Å². The first-order valence-corrected chi connectivity index (χ1v) is 4.29. The van der Waals surface area contributed by atoms with Crippen molar-refractivity contribution in [1.29, 1.82) is 0 Å². The minimum atomic E-state index is 0.160. The molecule has 66 valence electrons. The van der Waals surface area contributed by atoms with Crippen molar-refractivity contribution >= 4 is 5.91 Å². The third-order valence-corrected chi connectivity index (χ3v) is 2.19. The van der Waals surface area contributed by atoms with Crippen LogP contribution in [0.5, 0.6) is 0 Å². The van der Waals surface area contributed by atoms with E-state index < -0.39 is 0 Å². The third-order valence-electron chi connectivity index (χ3n) is 2.19. The lowest BCUT2D eigenvalue weighted by Gasteiger charge is -2.16. The fourth-order valence-corrected chi connectivity index (χ4v) is 0.776. The average Bonchev–Trinajstić information content (AvgIpc) is 1.99. The molecule has 0 fully saturated rings. The summed E-state index contributed by atoms with van der Waals surface area (Å²) in [5.41, 5.74) is 0. The molecule has 0 rings (SSSR count). The summed E-state index contributed by atoms with van der Waals surface area (Å²) in [7, 11) is 1.85. The Kier molecular flexibility index (Phi) is 4.92. The van der Waals surface area contributed by atoms with Gasteiger partial charge in [0.1, 0.15) is 0 Å². The number of hydrogen-bond acceptors (Lipinski definition) is 1. The molecule has 11 heavy (non-hydrogen) atoms.